The molecule has 6 nitrogen and oxygen atoms in total. The van der Waals surface area contributed by atoms with Gasteiger partial charge in [0.1, 0.15) is 5.75 Å². The third-order valence-corrected chi connectivity index (χ3v) is 4.71. The molecule has 0 saturated carbocycles. The van der Waals surface area contributed by atoms with Gasteiger partial charge in [-0.05, 0) is 36.8 Å². The second-order valence-electron chi connectivity index (χ2n) is 6.87. The first-order valence-electron chi connectivity index (χ1n) is 9.43. The Morgan fingerprint density at radius 3 is 2.50 bits per heavy atom. The number of hydrogen-bond donors (Lipinski definition) is 1. The van der Waals surface area contributed by atoms with Crippen LogP contribution in [0, 0.1) is 18.3 Å². The van der Waals surface area contributed by atoms with E-state index < -0.39 is 0 Å². The lowest BCUT2D eigenvalue weighted by Gasteiger charge is -2.31. The molecule has 1 fully saturated rings. The third kappa shape index (κ3) is 5.81. The summed E-state index contributed by atoms with van der Waals surface area (Å²) >= 11 is 0. The molecule has 0 aliphatic carbocycles. The lowest BCUT2D eigenvalue weighted by molar-refractivity contribution is -0.124. The summed E-state index contributed by atoms with van der Waals surface area (Å²) < 4.78 is 11.0. The molecule has 0 spiro atoms. The van der Waals surface area contributed by atoms with E-state index >= 15 is 0 Å². The molecule has 146 valence electrons. The Morgan fingerprint density at radius 1 is 1.18 bits per heavy atom. The number of nitriles is 1. The van der Waals surface area contributed by atoms with Gasteiger partial charge in [0.15, 0.2) is 6.61 Å². The van der Waals surface area contributed by atoms with Gasteiger partial charge in [-0.25, -0.2) is 0 Å². The van der Waals surface area contributed by atoms with Crippen molar-refractivity contribution in [1.82, 2.24) is 10.2 Å². The molecule has 3 rings (SSSR count). The van der Waals surface area contributed by atoms with Crippen LogP contribution in [0.15, 0.2) is 48.5 Å². The van der Waals surface area contributed by atoms with E-state index in [1.165, 1.54) is 5.56 Å². The fourth-order valence-corrected chi connectivity index (χ4v) is 3.09. The lowest BCUT2D eigenvalue weighted by atomic mass is 10.0. The van der Waals surface area contributed by atoms with Gasteiger partial charge in [-0.15, -0.1) is 0 Å². The minimum absolute atomic E-state index is 0.0721. The molecule has 1 N–H and O–H groups in total. The summed E-state index contributed by atoms with van der Waals surface area (Å²) in [7, 11) is 0. The lowest BCUT2D eigenvalue weighted by Crippen LogP contribution is -2.44. The molecule has 0 bridgehead atoms. The van der Waals surface area contributed by atoms with Gasteiger partial charge < -0.3 is 14.8 Å². The Morgan fingerprint density at radius 2 is 1.86 bits per heavy atom. The van der Waals surface area contributed by atoms with Gasteiger partial charge in [0.25, 0.3) is 5.91 Å². The summed E-state index contributed by atoms with van der Waals surface area (Å²) in [6.45, 7) is 5.86. The van der Waals surface area contributed by atoms with Gasteiger partial charge >= 0.3 is 0 Å². The van der Waals surface area contributed by atoms with Crippen LogP contribution in [0.2, 0.25) is 0 Å². The monoisotopic (exact) mass is 379 g/mol. The van der Waals surface area contributed by atoms with Crippen LogP contribution in [0.4, 0.5) is 0 Å². The zero-order valence-electron chi connectivity index (χ0n) is 16.1. The topological polar surface area (TPSA) is 74.6 Å². The molecule has 0 radical (unpaired) electrons. The summed E-state index contributed by atoms with van der Waals surface area (Å²) in [5, 5.41) is 11.9. The molecule has 1 heterocycles. The molecular weight excluding hydrogens is 354 g/mol. The maximum absolute atomic E-state index is 12.5. The van der Waals surface area contributed by atoms with E-state index in [0.717, 1.165) is 38.4 Å². The molecule has 6 heteroatoms. The van der Waals surface area contributed by atoms with Crippen LogP contribution in [0.5, 0.6) is 5.75 Å². The quantitative estimate of drug-likeness (QED) is 0.800. The summed E-state index contributed by atoms with van der Waals surface area (Å²) in [5.41, 5.74) is 2.81. The second-order valence-corrected chi connectivity index (χ2v) is 6.87. The molecule has 2 aromatic carbocycles. The first-order valence-corrected chi connectivity index (χ1v) is 9.43. The standard InChI is InChI=1S/C22H25N3O3/c1-17-2-6-19(7-3-17)21(15-25-10-12-27-13-11-25)24-22(26)16-28-20-8-4-18(14-23)5-9-20/h2-9,21H,10-13,15-16H2,1H3,(H,24,26). The van der Waals surface area contributed by atoms with Crippen LogP contribution in [0.3, 0.4) is 0 Å². The molecule has 28 heavy (non-hydrogen) atoms. The highest BCUT2D eigenvalue weighted by atomic mass is 16.5. The highest BCUT2D eigenvalue weighted by Crippen LogP contribution is 2.17. The Balaban J connectivity index is 1.61. The number of nitrogens with one attached hydrogen (secondary N) is 1. The zero-order chi connectivity index (χ0) is 19.8. The average Bonchev–Trinajstić information content (AvgIpc) is 2.73. The molecular formula is C22H25N3O3. The molecule has 1 unspecified atom stereocenters. The second kappa shape index (κ2) is 9.88. The van der Waals surface area contributed by atoms with Crippen LogP contribution in [0.1, 0.15) is 22.7 Å². The predicted molar refractivity (Wildman–Crippen MR) is 106 cm³/mol. The van der Waals surface area contributed by atoms with Gasteiger partial charge in [0.2, 0.25) is 0 Å². The minimum atomic E-state index is -0.178. The van der Waals surface area contributed by atoms with Crippen LogP contribution >= 0.6 is 0 Å². The van der Waals surface area contributed by atoms with Crippen molar-refractivity contribution >= 4 is 5.91 Å². The van der Waals surface area contributed by atoms with Crippen molar-refractivity contribution in [3.8, 4) is 11.8 Å². The third-order valence-electron chi connectivity index (χ3n) is 4.71. The van der Waals surface area contributed by atoms with E-state index in [-0.39, 0.29) is 18.6 Å². The number of ether oxygens (including phenoxy) is 2. The minimum Gasteiger partial charge on any atom is -0.484 e. The number of benzene rings is 2. The fourth-order valence-electron chi connectivity index (χ4n) is 3.09. The number of aryl methyl sites for hydroxylation is 1. The van der Waals surface area contributed by atoms with Crippen molar-refractivity contribution in [2.45, 2.75) is 13.0 Å². The van der Waals surface area contributed by atoms with E-state index in [1.807, 2.05) is 6.92 Å². The average molecular weight is 379 g/mol. The van der Waals surface area contributed by atoms with Gasteiger partial charge in [0.05, 0.1) is 30.9 Å². The SMILES string of the molecule is Cc1ccc(C(CN2CCOCC2)NC(=O)COc2ccc(C#N)cc2)cc1. The van der Waals surface area contributed by atoms with Crippen LogP contribution in [-0.4, -0.2) is 50.3 Å². The van der Waals surface area contributed by atoms with Crippen molar-refractivity contribution in [1.29, 1.82) is 5.26 Å². The van der Waals surface area contributed by atoms with Gasteiger partial charge in [0, 0.05) is 19.6 Å². The van der Waals surface area contributed by atoms with E-state index in [1.54, 1.807) is 24.3 Å². The zero-order valence-corrected chi connectivity index (χ0v) is 16.1. The summed E-state index contributed by atoms with van der Waals surface area (Å²) in [6, 6.07) is 16.9. The largest absolute Gasteiger partial charge is 0.484 e. The number of amides is 1. The Kier molecular flexibility index (Phi) is 7.01. The van der Waals surface area contributed by atoms with Crippen LogP contribution < -0.4 is 10.1 Å². The van der Waals surface area contributed by atoms with Gasteiger partial charge in [-0.2, -0.15) is 5.26 Å². The highest BCUT2D eigenvalue weighted by Gasteiger charge is 2.20. The summed E-state index contributed by atoms with van der Waals surface area (Å²) in [4.78, 5) is 14.8. The molecule has 1 atom stereocenters. The first-order chi connectivity index (χ1) is 13.6. The van der Waals surface area contributed by atoms with Crippen molar-refractivity contribution in [2.24, 2.45) is 0 Å². The predicted octanol–water partition coefficient (Wildman–Crippen LogP) is 2.44. The summed E-state index contributed by atoms with van der Waals surface area (Å²) in [6.07, 6.45) is 0. The van der Waals surface area contributed by atoms with Crippen molar-refractivity contribution < 1.29 is 14.3 Å². The summed E-state index contributed by atoms with van der Waals surface area (Å²) in [5.74, 6) is 0.386. The van der Waals surface area contributed by atoms with Gasteiger partial charge in [-0.1, -0.05) is 29.8 Å². The molecule has 1 amide bonds. The molecule has 1 aliphatic heterocycles. The van der Waals surface area contributed by atoms with E-state index in [9.17, 15) is 4.79 Å². The number of carbonyl (C=O) groups is 1. The number of carbonyl (C=O) groups excluding carboxylic acids is 1. The Bertz CT molecular complexity index is 806. The van der Waals surface area contributed by atoms with Crippen molar-refractivity contribution in [3.63, 3.8) is 0 Å². The van der Waals surface area contributed by atoms with Crippen LogP contribution in [0.25, 0.3) is 0 Å². The highest BCUT2D eigenvalue weighted by molar-refractivity contribution is 5.78. The molecule has 1 saturated heterocycles. The van der Waals surface area contributed by atoms with Crippen LogP contribution in [-0.2, 0) is 9.53 Å². The van der Waals surface area contributed by atoms with E-state index in [4.69, 9.17) is 14.7 Å². The maximum atomic E-state index is 12.5. The Labute approximate surface area is 165 Å². The normalized spacial score (nSPS) is 15.4. The van der Waals surface area contributed by atoms with Gasteiger partial charge in [-0.3, -0.25) is 9.69 Å². The molecule has 1 aliphatic rings. The number of morpholine rings is 1. The number of hydrogen-bond acceptors (Lipinski definition) is 5. The maximum Gasteiger partial charge on any atom is 0.258 e. The molecule has 2 aromatic rings. The first kappa shape index (κ1) is 19.9. The number of rotatable bonds is 7. The number of nitrogens with zero attached hydrogens (tertiary/aromatic N) is 2. The molecule has 0 aromatic heterocycles. The Hall–Kier alpha value is -2.88. The van der Waals surface area contributed by atoms with Crippen molar-refractivity contribution in [3.05, 3.63) is 65.2 Å². The fraction of sp³-hybridized carbons (Fsp3) is 0.364. The van der Waals surface area contributed by atoms with Crippen molar-refractivity contribution in [2.75, 3.05) is 39.5 Å². The van der Waals surface area contributed by atoms with E-state index in [0.29, 0.717) is 11.3 Å². The smallest absolute Gasteiger partial charge is 0.258 e. The van der Waals surface area contributed by atoms with E-state index in [2.05, 4.69) is 40.6 Å².